The zero-order valence-electron chi connectivity index (χ0n) is 16.9. The number of nitrogens with zero attached hydrogens (tertiary/aromatic N) is 4. The Kier molecular flexibility index (Phi) is 5.80. The summed E-state index contributed by atoms with van der Waals surface area (Å²) in [6.07, 6.45) is 2.48. The Balaban J connectivity index is 1.22. The molecule has 0 saturated carbocycles. The number of para-hydroxylation sites is 1. The van der Waals surface area contributed by atoms with Crippen LogP contribution in [0.2, 0.25) is 0 Å². The molecule has 1 aromatic carbocycles. The second-order valence-corrected chi connectivity index (χ2v) is 7.52. The van der Waals surface area contributed by atoms with Crippen LogP contribution < -0.4 is 15.8 Å². The summed E-state index contributed by atoms with van der Waals surface area (Å²) in [6.45, 7) is 6.42. The number of anilines is 1. The smallest absolute Gasteiger partial charge is 0.274 e. The van der Waals surface area contributed by atoms with Crippen molar-refractivity contribution in [3.05, 3.63) is 64.1 Å². The zero-order chi connectivity index (χ0) is 21.1. The molecule has 0 aliphatic carbocycles. The van der Waals surface area contributed by atoms with E-state index < -0.39 is 0 Å². The maximum Gasteiger partial charge on any atom is 0.274 e. The Hall–Kier alpha value is -3.20. The van der Waals surface area contributed by atoms with Gasteiger partial charge in [0.2, 0.25) is 0 Å². The normalized spacial score (nSPS) is 14.9. The number of aromatic amines is 1. The first kappa shape index (κ1) is 20.1. The van der Waals surface area contributed by atoms with E-state index in [0.29, 0.717) is 23.4 Å². The van der Waals surface area contributed by atoms with E-state index in [1.807, 2.05) is 12.1 Å². The Bertz CT molecular complexity index is 1100. The van der Waals surface area contributed by atoms with Gasteiger partial charge in [-0.15, -0.1) is 0 Å². The molecule has 0 spiro atoms. The molecule has 30 heavy (non-hydrogen) atoms. The molecule has 9 heteroatoms. The second kappa shape index (κ2) is 8.66. The number of amides is 1. The van der Waals surface area contributed by atoms with Crippen LogP contribution in [0.1, 0.15) is 22.6 Å². The molecule has 158 valence electrons. The van der Waals surface area contributed by atoms with E-state index >= 15 is 0 Å². The Labute approximate surface area is 173 Å². The quantitative estimate of drug-likeness (QED) is 0.598. The molecule has 1 fully saturated rings. The van der Waals surface area contributed by atoms with Crippen LogP contribution in [0.3, 0.4) is 0 Å². The topological polar surface area (TPSA) is 85.7 Å². The van der Waals surface area contributed by atoms with Crippen LogP contribution in [0.4, 0.5) is 10.1 Å². The van der Waals surface area contributed by atoms with Crippen molar-refractivity contribution < 1.29 is 9.18 Å². The average molecular weight is 412 g/mol. The fourth-order valence-electron chi connectivity index (χ4n) is 3.75. The molecule has 1 aliphatic heterocycles. The molecule has 4 rings (SSSR count). The van der Waals surface area contributed by atoms with E-state index in [9.17, 15) is 14.0 Å². The van der Waals surface area contributed by atoms with Crippen LogP contribution in [0, 0.1) is 12.7 Å². The van der Waals surface area contributed by atoms with Crippen molar-refractivity contribution in [1.82, 2.24) is 24.8 Å². The molecule has 2 N–H and O–H groups in total. The molecule has 1 aliphatic rings. The number of benzene rings is 1. The zero-order valence-corrected chi connectivity index (χ0v) is 16.9. The summed E-state index contributed by atoms with van der Waals surface area (Å²) in [6, 6.07) is 8.36. The number of aromatic nitrogens is 3. The van der Waals surface area contributed by atoms with Gasteiger partial charge in [-0.2, -0.15) is 5.10 Å². The van der Waals surface area contributed by atoms with E-state index in [4.69, 9.17) is 0 Å². The molecular formula is C21H25FN6O2. The molecule has 0 radical (unpaired) electrons. The average Bonchev–Trinajstić information content (AvgIpc) is 3.16. The van der Waals surface area contributed by atoms with Crippen molar-refractivity contribution in [1.29, 1.82) is 0 Å². The Morgan fingerprint density at radius 3 is 2.77 bits per heavy atom. The van der Waals surface area contributed by atoms with Gasteiger partial charge in [0.25, 0.3) is 11.5 Å². The summed E-state index contributed by atoms with van der Waals surface area (Å²) in [4.78, 5) is 31.3. The van der Waals surface area contributed by atoms with Gasteiger partial charge in [0.1, 0.15) is 11.3 Å². The molecule has 3 heterocycles. The highest BCUT2D eigenvalue weighted by Gasteiger charge is 2.19. The lowest BCUT2D eigenvalue weighted by Gasteiger charge is -2.36. The van der Waals surface area contributed by atoms with Gasteiger partial charge in [-0.3, -0.25) is 14.5 Å². The summed E-state index contributed by atoms with van der Waals surface area (Å²) < 4.78 is 15.4. The number of carbonyl (C=O) groups excluding carboxylic acids is 1. The number of H-pyrrole nitrogens is 1. The SMILES string of the molecule is Cc1cn2nc(C(=O)NCCCN3CCN(c4ccccc4F)CC3)cc2c(=O)[nH]1. The molecule has 2 aromatic heterocycles. The minimum absolute atomic E-state index is 0.183. The number of hydrogen-bond acceptors (Lipinski definition) is 5. The third-order valence-electron chi connectivity index (χ3n) is 5.33. The van der Waals surface area contributed by atoms with E-state index in [1.54, 1.807) is 19.2 Å². The van der Waals surface area contributed by atoms with E-state index in [0.717, 1.165) is 39.1 Å². The van der Waals surface area contributed by atoms with Crippen molar-refractivity contribution in [3.8, 4) is 0 Å². The van der Waals surface area contributed by atoms with Crippen molar-refractivity contribution in [2.75, 3.05) is 44.2 Å². The number of piperazine rings is 1. The van der Waals surface area contributed by atoms with Gasteiger partial charge in [-0.25, -0.2) is 8.91 Å². The minimum atomic E-state index is -0.292. The molecule has 0 bridgehead atoms. The highest BCUT2D eigenvalue weighted by Crippen LogP contribution is 2.20. The first-order valence-electron chi connectivity index (χ1n) is 10.1. The van der Waals surface area contributed by atoms with Crippen molar-refractivity contribution in [2.24, 2.45) is 0 Å². The fourth-order valence-corrected chi connectivity index (χ4v) is 3.75. The van der Waals surface area contributed by atoms with E-state index in [1.165, 1.54) is 16.6 Å². The predicted octanol–water partition coefficient (Wildman–Crippen LogP) is 1.41. The third kappa shape index (κ3) is 4.35. The molecule has 0 atom stereocenters. The maximum absolute atomic E-state index is 13.9. The van der Waals surface area contributed by atoms with Crippen LogP contribution in [0.15, 0.2) is 41.3 Å². The molecule has 8 nitrogen and oxygen atoms in total. The monoisotopic (exact) mass is 412 g/mol. The maximum atomic E-state index is 13.9. The molecular weight excluding hydrogens is 387 g/mol. The number of halogens is 1. The third-order valence-corrected chi connectivity index (χ3v) is 5.33. The van der Waals surface area contributed by atoms with Gasteiger partial charge in [-0.1, -0.05) is 12.1 Å². The van der Waals surface area contributed by atoms with Gasteiger partial charge < -0.3 is 15.2 Å². The summed E-state index contributed by atoms with van der Waals surface area (Å²) in [5.74, 6) is -0.474. The molecule has 0 unspecified atom stereocenters. The molecule has 1 amide bonds. The van der Waals surface area contributed by atoms with Crippen molar-refractivity contribution in [2.45, 2.75) is 13.3 Å². The summed E-state index contributed by atoms with van der Waals surface area (Å²) in [5, 5.41) is 7.05. The van der Waals surface area contributed by atoms with E-state index in [-0.39, 0.29) is 23.0 Å². The first-order chi connectivity index (χ1) is 14.5. The standard InChI is InChI=1S/C21H25FN6O2/c1-15-14-28-19(21(30)24-15)13-17(25-28)20(29)23-7-4-8-26-9-11-27(12-10-26)18-6-3-2-5-16(18)22/h2-3,5-6,13-14H,4,7-12H2,1H3,(H,23,29)(H,24,30). The molecule has 3 aromatic rings. The largest absolute Gasteiger partial charge is 0.367 e. The number of fused-ring (bicyclic) bond motifs is 1. The minimum Gasteiger partial charge on any atom is -0.367 e. The lowest BCUT2D eigenvalue weighted by molar-refractivity contribution is 0.0946. The number of rotatable bonds is 6. The number of carbonyl (C=O) groups is 1. The Morgan fingerprint density at radius 1 is 1.23 bits per heavy atom. The van der Waals surface area contributed by atoms with Crippen molar-refractivity contribution in [3.63, 3.8) is 0 Å². The van der Waals surface area contributed by atoms with Crippen LogP contribution in [-0.4, -0.2) is 64.7 Å². The van der Waals surface area contributed by atoms with Gasteiger partial charge >= 0.3 is 0 Å². The lowest BCUT2D eigenvalue weighted by atomic mass is 10.2. The fraction of sp³-hybridized carbons (Fsp3) is 0.381. The number of nitrogens with one attached hydrogen (secondary N) is 2. The van der Waals surface area contributed by atoms with Crippen LogP contribution >= 0.6 is 0 Å². The molecule has 1 saturated heterocycles. The summed E-state index contributed by atoms with van der Waals surface area (Å²) >= 11 is 0. The Morgan fingerprint density at radius 2 is 2.00 bits per heavy atom. The number of aryl methyl sites for hydroxylation is 1. The highest BCUT2D eigenvalue weighted by atomic mass is 19.1. The van der Waals surface area contributed by atoms with Crippen LogP contribution in [-0.2, 0) is 0 Å². The van der Waals surface area contributed by atoms with Crippen LogP contribution in [0.25, 0.3) is 5.52 Å². The van der Waals surface area contributed by atoms with Crippen LogP contribution in [0.5, 0.6) is 0 Å². The van der Waals surface area contributed by atoms with Gasteiger partial charge in [0, 0.05) is 50.7 Å². The summed E-state index contributed by atoms with van der Waals surface area (Å²) in [7, 11) is 0. The lowest BCUT2D eigenvalue weighted by Crippen LogP contribution is -2.47. The second-order valence-electron chi connectivity index (χ2n) is 7.52. The summed E-state index contributed by atoms with van der Waals surface area (Å²) in [5.41, 5.74) is 1.64. The van der Waals surface area contributed by atoms with Gasteiger partial charge in [-0.05, 0) is 32.0 Å². The highest BCUT2D eigenvalue weighted by molar-refractivity contribution is 5.93. The van der Waals surface area contributed by atoms with Crippen molar-refractivity contribution >= 4 is 17.1 Å². The first-order valence-corrected chi connectivity index (χ1v) is 10.1. The van der Waals surface area contributed by atoms with Gasteiger partial charge in [0.05, 0.1) is 5.69 Å². The predicted molar refractivity (Wildman–Crippen MR) is 113 cm³/mol. The van der Waals surface area contributed by atoms with E-state index in [2.05, 4.69) is 25.2 Å². The van der Waals surface area contributed by atoms with Gasteiger partial charge in [0.15, 0.2) is 5.69 Å². The number of hydrogen-bond donors (Lipinski definition) is 2.